The Kier molecular flexibility index (Phi) is 8.12. The molecule has 0 saturated carbocycles. The van der Waals surface area contributed by atoms with E-state index in [2.05, 4.69) is 23.4 Å². The van der Waals surface area contributed by atoms with Gasteiger partial charge in [-0.3, -0.25) is 0 Å². The number of alkyl halides is 6. The minimum atomic E-state index is -4.43. The van der Waals surface area contributed by atoms with Crippen LogP contribution in [-0.2, 0) is 12.4 Å². The van der Waals surface area contributed by atoms with Crippen molar-refractivity contribution in [1.82, 2.24) is 0 Å². The molecule has 2 aromatic carbocycles. The zero-order valence-electron chi connectivity index (χ0n) is 16.7. The van der Waals surface area contributed by atoms with Gasteiger partial charge in [0.05, 0.1) is 22.6 Å². The fraction of sp³-hybridized carbons (Fsp3) is 0.0833. The van der Waals surface area contributed by atoms with Crippen LogP contribution in [0.4, 0.5) is 26.3 Å². The molecule has 0 radical (unpaired) electrons. The van der Waals surface area contributed by atoms with Gasteiger partial charge in [-0.05, 0) is 59.7 Å². The Morgan fingerprint density at radius 1 is 0.594 bits per heavy atom. The summed E-state index contributed by atoms with van der Waals surface area (Å²) in [6.07, 6.45) is 0.0766. The van der Waals surface area contributed by atoms with E-state index in [0.29, 0.717) is 22.6 Å². The summed E-state index contributed by atoms with van der Waals surface area (Å²) in [4.78, 5) is 0. The van der Waals surface area contributed by atoms with Crippen LogP contribution >= 0.6 is 0 Å². The fourth-order valence-corrected chi connectivity index (χ4v) is 2.33. The predicted octanol–water partition coefficient (Wildman–Crippen LogP) is 7.62. The van der Waals surface area contributed by atoms with E-state index in [4.69, 9.17) is 0 Å². The lowest BCUT2D eigenvalue weighted by molar-refractivity contribution is -0.138. The third-order valence-corrected chi connectivity index (χ3v) is 4.07. The fourth-order valence-electron chi connectivity index (χ4n) is 2.33. The van der Waals surface area contributed by atoms with E-state index >= 15 is 0 Å². The minimum absolute atomic E-state index is 0.297. The second-order valence-corrected chi connectivity index (χ2v) is 6.36. The molecule has 2 nitrogen and oxygen atoms in total. The van der Waals surface area contributed by atoms with Crippen LogP contribution in [0.25, 0.3) is 12.2 Å². The zero-order chi connectivity index (χ0) is 23.8. The van der Waals surface area contributed by atoms with Crippen molar-refractivity contribution in [1.29, 1.82) is 0 Å². The maximum absolute atomic E-state index is 12.7. The third-order valence-electron chi connectivity index (χ3n) is 4.07. The first kappa shape index (κ1) is 24.6. The quantitative estimate of drug-likeness (QED) is 0.236. The Morgan fingerprint density at radius 2 is 0.938 bits per heavy atom. The average Bonchev–Trinajstić information content (AvgIpc) is 2.75. The summed E-state index contributed by atoms with van der Waals surface area (Å²) < 4.78 is 76.1. The van der Waals surface area contributed by atoms with Gasteiger partial charge in [0, 0.05) is 0 Å². The molecule has 0 saturated heterocycles. The number of hydrogen-bond acceptors (Lipinski definition) is 2. The molecule has 0 aliphatic heterocycles. The molecule has 0 atom stereocenters. The Morgan fingerprint density at radius 3 is 1.25 bits per heavy atom. The first-order chi connectivity index (χ1) is 15.0. The van der Waals surface area contributed by atoms with Crippen molar-refractivity contribution < 1.29 is 26.3 Å². The summed E-state index contributed by atoms with van der Waals surface area (Å²) in [5.41, 5.74) is 0.129. The highest BCUT2D eigenvalue weighted by molar-refractivity contribution is 6.09. The third kappa shape index (κ3) is 7.54. The van der Waals surface area contributed by atoms with Gasteiger partial charge < -0.3 is 0 Å². The van der Waals surface area contributed by atoms with E-state index in [1.807, 2.05) is 0 Å². The van der Waals surface area contributed by atoms with E-state index in [0.717, 1.165) is 24.3 Å². The highest BCUT2D eigenvalue weighted by atomic mass is 19.4. The Hall–Kier alpha value is -3.68. The maximum atomic E-state index is 12.7. The first-order valence-electron chi connectivity index (χ1n) is 9.14. The Labute approximate surface area is 181 Å². The van der Waals surface area contributed by atoms with Crippen molar-refractivity contribution in [3.63, 3.8) is 0 Å². The van der Waals surface area contributed by atoms with Crippen molar-refractivity contribution in [2.75, 3.05) is 0 Å². The molecular weight excluding hydrogens is 430 g/mol. The molecule has 0 fully saturated rings. The van der Waals surface area contributed by atoms with E-state index in [1.54, 1.807) is 0 Å². The summed E-state index contributed by atoms with van der Waals surface area (Å²) in [5, 5.41) is 7.98. The van der Waals surface area contributed by atoms with Crippen molar-refractivity contribution in [2.24, 2.45) is 10.2 Å². The molecule has 0 unspecified atom stereocenters. The molecule has 0 aliphatic rings. The van der Waals surface area contributed by atoms with Gasteiger partial charge >= 0.3 is 12.4 Å². The van der Waals surface area contributed by atoms with E-state index < -0.39 is 23.5 Å². The molecule has 0 aromatic heterocycles. The molecular formula is C24H18F6N2. The van der Waals surface area contributed by atoms with Gasteiger partial charge in [-0.25, -0.2) is 0 Å². The summed E-state index contributed by atoms with van der Waals surface area (Å²) in [7, 11) is 0. The average molecular weight is 448 g/mol. The smallest absolute Gasteiger partial charge is 0.166 e. The van der Waals surface area contributed by atoms with Gasteiger partial charge in [-0.15, -0.1) is 0 Å². The molecule has 2 aromatic rings. The number of halogens is 6. The Balaban J connectivity index is 2.30. The topological polar surface area (TPSA) is 24.7 Å². The van der Waals surface area contributed by atoms with Gasteiger partial charge in [0.1, 0.15) is 0 Å². The molecule has 0 bridgehead atoms. The zero-order valence-corrected chi connectivity index (χ0v) is 16.7. The van der Waals surface area contributed by atoms with Crippen LogP contribution in [0.1, 0.15) is 22.3 Å². The van der Waals surface area contributed by atoms with Crippen LogP contribution in [0, 0.1) is 0 Å². The van der Waals surface area contributed by atoms with Crippen LogP contribution in [0.5, 0.6) is 0 Å². The molecule has 8 heteroatoms. The molecule has 0 spiro atoms. The number of nitrogens with zero attached hydrogens (tertiary/aromatic N) is 2. The predicted molar refractivity (Wildman–Crippen MR) is 116 cm³/mol. The molecule has 0 amide bonds. The van der Waals surface area contributed by atoms with Gasteiger partial charge in [-0.2, -0.15) is 36.5 Å². The first-order valence-corrected chi connectivity index (χ1v) is 9.14. The SMILES string of the molecule is C=CC(C=C)=NN=C(C=Cc1ccc(C(F)(F)F)cc1)C=Cc1ccc(C(F)(F)F)cc1. The second-order valence-electron chi connectivity index (χ2n) is 6.36. The van der Waals surface area contributed by atoms with Crippen LogP contribution in [0.15, 0.2) is 96.2 Å². The molecule has 32 heavy (non-hydrogen) atoms. The van der Waals surface area contributed by atoms with E-state index in [1.165, 1.54) is 60.7 Å². The number of hydrogen-bond donors (Lipinski definition) is 0. The van der Waals surface area contributed by atoms with Crippen LogP contribution < -0.4 is 0 Å². The summed E-state index contributed by atoms with van der Waals surface area (Å²) in [6, 6.07) is 9.05. The van der Waals surface area contributed by atoms with E-state index in [9.17, 15) is 26.3 Å². The standard InChI is InChI=1S/C24H18F6N2/c1-3-21(4-2)31-32-22(15-9-17-5-11-19(12-6-17)23(25,26)27)16-10-18-7-13-20(14-8-18)24(28,29)30/h3-16H,1-2H2. The highest BCUT2D eigenvalue weighted by Gasteiger charge is 2.30. The molecule has 0 aliphatic carbocycles. The van der Waals surface area contributed by atoms with Crippen molar-refractivity contribution in [3.8, 4) is 0 Å². The Bertz CT molecular complexity index is 972. The van der Waals surface area contributed by atoms with Gasteiger partial charge in [0.15, 0.2) is 0 Å². The second kappa shape index (κ2) is 10.6. The number of rotatable bonds is 7. The summed E-state index contributed by atoms with van der Waals surface area (Å²) in [6.45, 7) is 7.12. The highest BCUT2D eigenvalue weighted by Crippen LogP contribution is 2.30. The lowest BCUT2D eigenvalue weighted by Gasteiger charge is -2.06. The van der Waals surface area contributed by atoms with Gasteiger partial charge in [0.25, 0.3) is 0 Å². The van der Waals surface area contributed by atoms with Gasteiger partial charge in [0.2, 0.25) is 0 Å². The summed E-state index contributed by atoms with van der Waals surface area (Å²) in [5.74, 6) is 0. The van der Waals surface area contributed by atoms with Crippen LogP contribution in [0.3, 0.4) is 0 Å². The molecule has 0 heterocycles. The van der Waals surface area contributed by atoms with Crippen LogP contribution in [-0.4, -0.2) is 11.4 Å². The summed E-state index contributed by atoms with van der Waals surface area (Å²) >= 11 is 0. The lowest BCUT2D eigenvalue weighted by Crippen LogP contribution is -2.04. The van der Waals surface area contributed by atoms with E-state index in [-0.39, 0.29) is 0 Å². The molecule has 0 N–H and O–H groups in total. The maximum Gasteiger partial charge on any atom is 0.416 e. The van der Waals surface area contributed by atoms with Gasteiger partial charge in [-0.1, -0.05) is 49.6 Å². The molecule has 166 valence electrons. The molecule has 2 rings (SSSR count). The largest absolute Gasteiger partial charge is 0.416 e. The van der Waals surface area contributed by atoms with Crippen molar-refractivity contribution in [3.05, 3.63) is 108 Å². The monoisotopic (exact) mass is 448 g/mol. The van der Waals surface area contributed by atoms with Crippen LogP contribution in [0.2, 0.25) is 0 Å². The van der Waals surface area contributed by atoms with Crippen molar-refractivity contribution in [2.45, 2.75) is 12.4 Å². The van der Waals surface area contributed by atoms with Crippen molar-refractivity contribution >= 4 is 23.6 Å². The lowest BCUT2D eigenvalue weighted by atomic mass is 10.1. The normalized spacial score (nSPS) is 12.1. The minimum Gasteiger partial charge on any atom is -0.166 e. The number of benzene rings is 2. The number of allylic oxidation sites excluding steroid dienone is 4.